The Morgan fingerprint density at radius 3 is 2.18 bits per heavy atom. The Morgan fingerprint density at radius 2 is 1.76 bits per heavy atom. The SMILES string of the molecule is Cc1cc(C(=O)N(C)CC(=O)O)cc(C)c1F. The van der Waals surface area contributed by atoms with Crippen LogP contribution in [0.25, 0.3) is 0 Å². The lowest BCUT2D eigenvalue weighted by Gasteiger charge is -2.15. The van der Waals surface area contributed by atoms with E-state index in [4.69, 9.17) is 5.11 Å². The van der Waals surface area contributed by atoms with Crippen LogP contribution < -0.4 is 0 Å². The van der Waals surface area contributed by atoms with Gasteiger partial charge in [0.1, 0.15) is 12.4 Å². The number of hydrogen-bond donors (Lipinski definition) is 1. The molecular weight excluding hydrogens is 225 g/mol. The van der Waals surface area contributed by atoms with E-state index in [1.54, 1.807) is 13.8 Å². The van der Waals surface area contributed by atoms with Gasteiger partial charge in [-0.3, -0.25) is 9.59 Å². The zero-order valence-electron chi connectivity index (χ0n) is 9.95. The molecule has 0 aromatic heterocycles. The zero-order chi connectivity index (χ0) is 13.2. The van der Waals surface area contributed by atoms with Gasteiger partial charge in [0.2, 0.25) is 0 Å². The van der Waals surface area contributed by atoms with Crippen LogP contribution in [0.15, 0.2) is 12.1 Å². The Labute approximate surface area is 98.7 Å². The summed E-state index contributed by atoms with van der Waals surface area (Å²) in [6.45, 7) is 2.75. The van der Waals surface area contributed by atoms with E-state index in [1.807, 2.05) is 0 Å². The lowest BCUT2D eigenvalue weighted by molar-refractivity contribution is -0.137. The summed E-state index contributed by atoms with van der Waals surface area (Å²) >= 11 is 0. The number of halogens is 1. The number of aryl methyl sites for hydroxylation is 2. The minimum atomic E-state index is -1.09. The molecule has 1 amide bonds. The van der Waals surface area contributed by atoms with Crippen LogP contribution in [0.4, 0.5) is 4.39 Å². The fraction of sp³-hybridized carbons (Fsp3) is 0.333. The van der Waals surface area contributed by atoms with Crippen LogP contribution in [0.1, 0.15) is 21.5 Å². The first kappa shape index (κ1) is 13.2. The van der Waals surface area contributed by atoms with E-state index in [9.17, 15) is 14.0 Å². The second-order valence-corrected chi connectivity index (χ2v) is 3.98. The smallest absolute Gasteiger partial charge is 0.323 e. The first-order chi connectivity index (χ1) is 7.82. The van der Waals surface area contributed by atoms with Crippen molar-refractivity contribution in [1.29, 1.82) is 0 Å². The molecule has 0 aliphatic heterocycles. The lowest BCUT2D eigenvalue weighted by Crippen LogP contribution is -2.32. The van der Waals surface area contributed by atoms with Crippen molar-refractivity contribution in [3.05, 3.63) is 34.6 Å². The number of hydrogen-bond acceptors (Lipinski definition) is 2. The molecule has 0 saturated carbocycles. The van der Waals surface area contributed by atoms with Crippen molar-refractivity contribution in [3.63, 3.8) is 0 Å². The molecule has 1 N–H and O–H groups in total. The third kappa shape index (κ3) is 3.03. The number of carboxylic acids is 1. The van der Waals surface area contributed by atoms with Crippen molar-refractivity contribution in [1.82, 2.24) is 4.90 Å². The van der Waals surface area contributed by atoms with E-state index in [-0.39, 0.29) is 12.4 Å². The second kappa shape index (κ2) is 4.95. The largest absolute Gasteiger partial charge is 0.480 e. The number of carbonyl (C=O) groups excluding carboxylic acids is 1. The Morgan fingerprint density at radius 1 is 1.29 bits per heavy atom. The third-order valence-electron chi connectivity index (χ3n) is 2.40. The van der Waals surface area contributed by atoms with Crippen LogP contribution >= 0.6 is 0 Å². The van der Waals surface area contributed by atoms with Gasteiger partial charge in [-0.05, 0) is 37.1 Å². The molecule has 0 aliphatic rings. The van der Waals surface area contributed by atoms with Crippen LogP contribution in [0.3, 0.4) is 0 Å². The van der Waals surface area contributed by atoms with Crippen molar-refractivity contribution in [3.8, 4) is 0 Å². The zero-order valence-corrected chi connectivity index (χ0v) is 9.95. The predicted molar refractivity (Wildman–Crippen MR) is 60.5 cm³/mol. The van der Waals surface area contributed by atoms with Gasteiger partial charge in [-0.2, -0.15) is 0 Å². The molecule has 0 spiro atoms. The van der Waals surface area contributed by atoms with Crippen LogP contribution in [0.5, 0.6) is 0 Å². The van der Waals surface area contributed by atoms with Crippen molar-refractivity contribution in [2.24, 2.45) is 0 Å². The molecule has 0 heterocycles. The fourth-order valence-electron chi connectivity index (χ4n) is 1.56. The highest BCUT2D eigenvalue weighted by molar-refractivity contribution is 5.96. The molecule has 5 heteroatoms. The van der Waals surface area contributed by atoms with Crippen LogP contribution in [0, 0.1) is 19.7 Å². The van der Waals surface area contributed by atoms with Gasteiger partial charge < -0.3 is 10.0 Å². The first-order valence-corrected chi connectivity index (χ1v) is 5.07. The summed E-state index contributed by atoms with van der Waals surface area (Å²) < 4.78 is 13.4. The highest BCUT2D eigenvalue weighted by atomic mass is 19.1. The molecule has 17 heavy (non-hydrogen) atoms. The molecule has 0 bridgehead atoms. The van der Waals surface area contributed by atoms with Crippen molar-refractivity contribution >= 4 is 11.9 Å². The molecule has 0 fully saturated rings. The average molecular weight is 239 g/mol. The first-order valence-electron chi connectivity index (χ1n) is 5.07. The molecule has 1 aromatic rings. The second-order valence-electron chi connectivity index (χ2n) is 3.98. The van der Waals surface area contributed by atoms with Crippen LogP contribution in [0.2, 0.25) is 0 Å². The Bertz CT molecular complexity index is 448. The Kier molecular flexibility index (Phi) is 3.83. The monoisotopic (exact) mass is 239 g/mol. The highest BCUT2D eigenvalue weighted by Crippen LogP contribution is 2.15. The van der Waals surface area contributed by atoms with Gasteiger partial charge in [-0.15, -0.1) is 0 Å². The number of nitrogens with zero attached hydrogens (tertiary/aromatic N) is 1. The summed E-state index contributed by atoms with van der Waals surface area (Å²) in [7, 11) is 1.39. The summed E-state index contributed by atoms with van der Waals surface area (Å²) in [5.74, 6) is -1.86. The van der Waals surface area contributed by atoms with E-state index < -0.39 is 11.9 Å². The number of rotatable bonds is 3. The number of carboxylic acid groups (broad SMARTS) is 1. The van der Waals surface area contributed by atoms with Crippen molar-refractivity contribution < 1.29 is 19.1 Å². The number of carbonyl (C=O) groups is 2. The maximum absolute atomic E-state index is 13.4. The topological polar surface area (TPSA) is 57.6 Å². The van der Waals surface area contributed by atoms with Gasteiger partial charge in [-0.1, -0.05) is 0 Å². The summed E-state index contributed by atoms with van der Waals surface area (Å²) in [6, 6.07) is 2.84. The maximum atomic E-state index is 13.4. The van der Waals surface area contributed by atoms with E-state index in [1.165, 1.54) is 19.2 Å². The van der Waals surface area contributed by atoms with Crippen LogP contribution in [-0.2, 0) is 4.79 Å². The predicted octanol–water partition coefficient (Wildman–Crippen LogP) is 1.60. The number of amides is 1. The molecule has 0 aliphatic carbocycles. The van der Waals surface area contributed by atoms with Crippen LogP contribution in [-0.4, -0.2) is 35.5 Å². The quantitative estimate of drug-likeness (QED) is 0.871. The van der Waals surface area contributed by atoms with Gasteiger partial charge >= 0.3 is 5.97 Å². The van der Waals surface area contributed by atoms with E-state index in [0.717, 1.165) is 4.90 Å². The summed E-state index contributed by atoms with van der Waals surface area (Å²) in [5, 5.41) is 8.58. The van der Waals surface area contributed by atoms with Gasteiger partial charge in [0.05, 0.1) is 0 Å². The number of aliphatic carboxylic acids is 1. The molecule has 1 aromatic carbocycles. The Balaban J connectivity index is 3.01. The minimum Gasteiger partial charge on any atom is -0.480 e. The number of benzene rings is 1. The molecule has 0 radical (unpaired) electrons. The van der Waals surface area contributed by atoms with Gasteiger partial charge in [0.15, 0.2) is 0 Å². The standard InChI is InChI=1S/C12H14FNO3/c1-7-4-9(5-8(2)11(7)13)12(17)14(3)6-10(15)16/h4-5H,6H2,1-3H3,(H,15,16). The maximum Gasteiger partial charge on any atom is 0.323 e. The summed E-state index contributed by atoms with van der Waals surface area (Å²) in [6.07, 6.45) is 0. The third-order valence-corrected chi connectivity index (χ3v) is 2.40. The summed E-state index contributed by atoms with van der Waals surface area (Å²) in [5.41, 5.74) is 1.04. The fourth-order valence-corrected chi connectivity index (χ4v) is 1.56. The van der Waals surface area contributed by atoms with Gasteiger partial charge in [0.25, 0.3) is 5.91 Å². The van der Waals surface area contributed by atoms with E-state index >= 15 is 0 Å². The molecule has 0 atom stereocenters. The van der Waals surface area contributed by atoms with Crippen molar-refractivity contribution in [2.75, 3.05) is 13.6 Å². The molecule has 1 rings (SSSR count). The van der Waals surface area contributed by atoms with Gasteiger partial charge in [-0.25, -0.2) is 4.39 Å². The average Bonchev–Trinajstić information content (AvgIpc) is 2.23. The Hall–Kier alpha value is -1.91. The summed E-state index contributed by atoms with van der Waals surface area (Å²) in [4.78, 5) is 23.4. The molecule has 92 valence electrons. The van der Waals surface area contributed by atoms with Gasteiger partial charge in [0, 0.05) is 12.6 Å². The molecule has 0 unspecified atom stereocenters. The highest BCUT2D eigenvalue weighted by Gasteiger charge is 2.16. The number of likely N-dealkylation sites (N-methyl/N-ethyl adjacent to an activating group) is 1. The van der Waals surface area contributed by atoms with Crippen molar-refractivity contribution in [2.45, 2.75) is 13.8 Å². The lowest BCUT2D eigenvalue weighted by atomic mass is 10.1. The molecule has 0 saturated heterocycles. The molecule has 4 nitrogen and oxygen atoms in total. The van der Waals surface area contributed by atoms with E-state index in [0.29, 0.717) is 16.7 Å². The van der Waals surface area contributed by atoms with E-state index in [2.05, 4.69) is 0 Å². The minimum absolute atomic E-state index is 0.296. The molecular formula is C12H14FNO3. The normalized spacial score (nSPS) is 10.1.